The number of nitrogens with zero attached hydrogens (tertiary/aromatic N) is 4. The maximum atomic E-state index is 11.2. The number of nitrogen functional groups attached to an aromatic ring is 1. The first-order valence-electron chi connectivity index (χ1n) is 7.72. The molecule has 0 saturated heterocycles. The third-order valence-corrected chi connectivity index (χ3v) is 5.93. The highest BCUT2D eigenvalue weighted by Gasteiger charge is 2.17. The minimum atomic E-state index is -0.0832. The van der Waals surface area contributed by atoms with E-state index in [2.05, 4.69) is 42.9 Å². The zero-order valence-corrected chi connectivity index (χ0v) is 17.2. The maximum Gasteiger partial charge on any atom is 0.216 e. The number of imidazole rings is 1. The molecule has 0 radical (unpaired) electrons. The van der Waals surface area contributed by atoms with Crippen LogP contribution in [0.2, 0.25) is 0 Å². The maximum absolute atomic E-state index is 11.2. The molecule has 3 N–H and O–H groups in total. The second-order valence-corrected chi connectivity index (χ2v) is 7.53. The zero-order chi connectivity index (χ0) is 18.7. The van der Waals surface area contributed by atoms with Gasteiger partial charge >= 0.3 is 0 Å². The van der Waals surface area contributed by atoms with Crippen LogP contribution in [0.15, 0.2) is 34.6 Å². The molecule has 1 amide bonds. The molecule has 26 heavy (non-hydrogen) atoms. The fourth-order valence-electron chi connectivity index (χ4n) is 2.34. The van der Waals surface area contributed by atoms with Crippen molar-refractivity contribution in [3.8, 4) is 5.75 Å². The summed E-state index contributed by atoms with van der Waals surface area (Å²) < 4.78 is 8.32. The number of benzene rings is 1. The van der Waals surface area contributed by atoms with E-state index in [0.29, 0.717) is 30.1 Å². The SMILES string of the molecule is COc1ccc(I)c(Sc2nc3c(N)ncnc3n2CCNC(C)=O)c1. The molecule has 0 spiro atoms. The molecule has 0 atom stereocenters. The highest BCUT2D eigenvalue weighted by molar-refractivity contribution is 14.1. The van der Waals surface area contributed by atoms with Gasteiger partial charge in [0, 0.05) is 28.5 Å². The van der Waals surface area contributed by atoms with Gasteiger partial charge in [0.25, 0.3) is 0 Å². The first kappa shape index (κ1) is 18.7. The molecule has 0 aliphatic carbocycles. The quantitative estimate of drug-likeness (QED) is 0.517. The van der Waals surface area contributed by atoms with Crippen LogP contribution in [0.3, 0.4) is 0 Å². The molecule has 0 aliphatic heterocycles. The molecule has 2 aromatic heterocycles. The number of nitrogens with two attached hydrogens (primary N) is 1. The predicted octanol–water partition coefficient (Wildman–Crippen LogP) is 2.31. The van der Waals surface area contributed by atoms with Gasteiger partial charge in [0.15, 0.2) is 22.1 Å². The summed E-state index contributed by atoms with van der Waals surface area (Å²) in [6.45, 7) is 2.48. The van der Waals surface area contributed by atoms with Crippen LogP contribution in [-0.4, -0.2) is 39.1 Å². The van der Waals surface area contributed by atoms with Gasteiger partial charge in [-0.15, -0.1) is 0 Å². The van der Waals surface area contributed by atoms with Crippen LogP contribution in [0.1, 0.15) is 6.92 Å². The lowest BCUT2D eigenvalue weighted by atomic mass is 10.3. The minimum absolute atomic E-state index is 0.0832. The third-order valence-electron chi connectivity index (χ3n) is 3.57. The standard InChI is InChI=1S/C16H17IN6O2S/c1-9(24)19-5-6-23-15-13(14(18)20-8-21-15)22-16(23)26-12-7-10(25-2)3-4-11(12)17/h3-4,7-8H,5-6H2,1-2H3,(H,19,24)(H2,18,20,21). The Morgan fingerprint density at radius 3 is 2.96 bits per heavy atom. The number of amides is 1. The second kappa shape index (κ2) is 8.08. The molecule has 2 heterocycles. The largest absolute Gasteiger partial charge is 0.497 e. The topological polar surface area (TPSA) is 108 Å². The summed E-state index contributed by atoms with van der Waals surface area (Å²) in [4.78, 5) is 25.1. The fourth-order valence-corrected chi connectivity index (χ4v) is 3.97. The summed E-state index contributed by atoms with van der Waals surface area (Å²) in [5, 5.41) is 3.52. The van der Waals surface area contributed by atoms with Crippen molar-refractivity contribution >= 4 is 57.2 Å². The molecule has 10 heteroatoms. The van der Waals surface area contributed by atoms with Crippen LogP contribution >= 0.6 is 34.4 Å². The zero-order valence-electron chi connectivity index (χ0n) is 14.2. The molecular weight excluding hydrogens is 467 g/mol. The number of nitrogens with one attached hydrogen (secondary N) is 1. The Kier molecular flexibility index (Phi) is 5.81. The van der Waals surface area contributed by atoms with Crippen LogP contribution in [0.4, 0.5) is 5.82 Å². The van der Waals surface area contributed by atoms with E-state index in [1.54, 1.807) is 7.11 Å². The summed E-state index contributed by atoms with van der Waals surface area (Å²) in [7, 11) is 1.63. The van der Waals surface area contributed by atoms with E-state index in [4.69, 9.17) is 10.5 Å². The van der Waals surface area contributed by atoms with Crippen molar-refractivity contribution in [3.63, 3.8) is 0 Å². The van der Waals surface area contributed by atoms with Crippen molar-refractivity contribution in [2.75, 3.05) is 19.4 Å². The first-order valence-corrected chi connectivity index (χ1v) is 9.61. The summed E-state index contributed by atoms with van der Waals surface area (Å²) in [5.74, 6) is 1.02. The van der Waals surface area contributed by atoms with Crippen LogP contribution in [-0.2, 0) is 11.3 Å². The number of halogens is 1. The van der Waals surface area contributed by atoms with Crippen LogP contribution in [0.25, 0.3) is 11.2 Å². The van der Waals surface area contributed by atoms with E-state index >= 15 is 0 Å². The molecule has 0 aliphatic rings. The number of ether oxygens (including phenoxy) is 1. The highest BCUT2D eigenvalue weighted by Crippen LogP contribution is 2.35. The van der Waals surface area contributed by atoms with Gasteiger partial charge in [0.1, 0.15) is 12.1 Å². The molecule has 1 aromatic carbocycles. The number of fused-ring (bicyclic) bond motifs is 1. The lowest BCUT2D eigenvalue weighted by molar-refractivity contribution is -0.118. The highest BCUT2D eigenvalue weighted by atomic mass is 127. The van der Waals surface area contributed by atoms with E-state index in [1.807, 2.05) is 22.8 Å². The van der Waals surface area contributed by atoms with Crippen LogP contribution < -0.4 is 15.8 Å². The molecule has 8 nitrogen and oxygen atoms in total. The molecule has 0 saturated carbocycles. The number of methoxy groups -OCH3 is 1. The summed E-state index contributed by atoms with van der Waals surface area (Å²) in [5.41, 5.74) is 7.15. The Morgan fingerprint density at radius 1 is 1.42 bits per heavy atom. The van der Waals surface area contributed by atoms with E-state index in [-0.39, 0.29) is 5.91 Å². The van der Waals surface area contributed by atoms with Gasteiger partial charge in [-0.3, -0.25) is 4.79 Å². The molecule has 136 valence electrons. The Bertz CT molecular complexity index is 961. The van der Waals surface area contributed by atoms with Crippen molar-refractivity contribution in [2.45, 2.75) is 23.5 Å². The fraction of sp³-hybridized carbons (Fsp3) is 0.250. The first-order chi connectivity index (χ1) is 12.5. The molecular formula is C16H17IN6O2S. The van der Waals surface area contributed by atoms with Gasteiger partial charge in [0.2, 0.25) is 5.91 Å². The molecule has 3 rings (SSSR count). The number of hydrogen-bond donors (Lipinski definition) is 2. The number of anilines is 1. The summed E-state index contributed by atoms with van der Waals surface area (Å²) >= 11 is 3.76. The van der Waals surface area contributed by atoms with Gasteiger partial charge in [-0.05, 0) is 40.8 Å². The van der Waals surface area contributed by atoms with Crippen molar-refractivity contribution in [1.29, 1.82) is 0 Å². The average Bonchev–Trinajstić information content (AvgIpc) is 2.96. The van der Waals surface area contributed by atoms with Crippen LogP contribution in [0.5, 0.6) is 5.75 Å². The van der Waals surface area contributed by atoms with Gasteiger partial charge in [-0.2, -0.15) is 0 Å². The number of carbonyl (C=O) groups excluding carboxylic acids is 1. The molecule has 3 aromatic rings. The second-order valence-electron chi connectivity index (χ2n) is 5.36. The van der Waals surface area contributed by atoms with Crippen molar-refractivity contribution in [2.24, 2.45) is 0 Å². The lowest BCUT2D eigenvalue weighted by Crippen LogP contribution is -2.24. The van der Waals surface area contributed by atoms with Crippen molar-refractivity contribution in [1.82, 2.24) is 24.8 Å². The Balaban J connectivity index is 2.01. The van der Waals surface area contributed by atoms with Crippen molar-refractivity contribution in [3.05, 3.63) is 28.1 Å². The normalized spacial score (nSPS) is 10.9. The molecule has 0 fully saturated rings. The Morgan fingerprint density at radius 2 is 2.23 bits per heavy atom. The lowest BCUT2D eigenvalue weighted by Gasteiger charge is -2.10. The predicted molar refractivity (Wildman–Crippen MR) is 108 cm³/mol. The number of aromatic nitrogens is 4. The third kappa shape index (κ3) is 4.01. The summed E-state index contributed by atoms with van der Waals surface area (Å²) in [6.07, 6.45) is 1.41. The number of hydrogen-bond acceptors (Lipinski definition) is 7. The Labute approximate surface area is 168 Å². The summed E-state index contributed by atoms with van der Waals surface area (Å²) in [6, 6.07) is 5.86. The average molecular weight is 484 g/mol. The minimum Gasteiger partial charge on any atom is -0.497 e. The van der Waals surface area contributed by atoms with E-state index in [9.17, 15) is 4.79 Å². The van der Waals surface area contributed by atoms with Gasteiger partial charge in [-0.1, -0.05) is 11.8 Å². The Hall–Kier alpha value is -2.08. The van der Waals surface area contributed by atoms with Gasteiger partial charge in [0.05, 0.1) is 7.11 Å². The molecule has 0 unspecified atom stereocenters. The van der Waals surface area contributed by atoms with E-state index < -0.39 is 0 Å². The molecule has 0 bridgehead atoms. The smallest absolute Gasteiger partial charge is 0.216 e. The van der Waals surface area contributed by atoms with E-state index in [1.165, 1.54) is 25.0 Å². The van der Waals surface area contributed by atoms with Crippen molar-refractivity contribution < 1.29 is 9.53 Å². The number of carbonyl (C=O) groups is 1. The monoisotopic (exact) mass is 484 g/mol. The van der Waals surface area contributed by atoms with Gasteiger partial charge < -0.3 is 20.4 Å². The number of rotatable bonds is 6. The van der Waals surface area contributed by atoms with Crippen LogP contribution in [0, 0.1) is 3.57 Å². The van der Waals surface area contributed by atoms with E-state index in [0.717, 1.165) is 19.4 Å². The van der Waals surface area contributed by atoms with Gasteiger partial charge in [-0.25, -0.2) is 15.0 Å².